The van der Waals surface area contributed by atoms with Gasteiger partial charge in [0.2, 0.25) is 0 Å². The van der Waals surface area contributed by atoms with Crippen LogP contribution in [0.3, 0.4) is 0 Å². The number of allylic oxidation sites excluding steroid dienone is 2. The van der Waals surface area contributed by atoms with Gasteiger partial charge in [0.1, 0.15) is 17.1 Å². The summed E-state index contributed by atoms with van der Waals surface area (Å²) in [6.45, 7) is 6.62. The topological polar surface area (TPSA) is 126 Å². The molecule has 1 atom stereocenters. The van der Waals surface area contributed by atoms with Crippen molar-refractivity contribution in [1.82, 2.24) is 5.32 Å². The summed E-state index contributed by atoms with van der Waals surface area (Å²) in [5.74, 6) is -0.988. The molecule has 0 radical (unpaired) electrons. The molecule has 2 rings (SSSR count). The number of rotatable bonds is 12. The molecule has 8 nitrogen and oxygen atoms in total. The van der Waals surface area contributed by atoms with E-state index >= 15 is 0 Å². The minimum absolute atomic E-state index is 0.224. The highest BCUT2D eigenvalue weighted by Crippen LogP contribution is 2.27. The number of carbonyl (C=O) groups is 2. The van der Waals surface area contributed by atoms with Crippen molar-refractivity contribution in [2.24, 2.45) is 0 Å². The lowest BCUT2D eigenvalue weighted by molar-refractivity contribution is 0.102. The van der Waals surface area contributed by atoms with E-state index in [1.54, 1.807) is 26.0 Å². The van der Waals surface area contributed by atoms with Gasteiger partial charge in [0.25, 0.3) is 0 Å². The van der Waals surface area contributed by atoms with Crippen molar-refractivity contribution in [1.29, 1.82) is 0 Å². The molecule has 0 saturated carbocycles. The molecule has 3 N–H and O–H groups in total. The second-order valence-corrected chi connectivity index (χ2v) is 8.74. The second kappa shape index (κ2) is 12.8. The predicted molar refractivity (Wildman–Crippen MR) is 127 cm³/mol. The Hall–Kier alpha value is -3.17. The van der Waals surface area contributed by atoms with Crippen molar-refractivity contribution in [2.45, 2.75) is 52.6 Å². The first kappa shape index (κ1) is 26.1. The zero-order chi connectivity index (χ0) is 24.4. The highest BCUT2D eigenvalue weighted by molar-refractivity contribution is 7.12. The number of amides is 1. The molecule has 2 aromatic rings. The van der Waals surface area contributed by atoms with Gasteiger partial charge < -0.3 is 19.4 Å². The van der Waals surface area contributed by atoms with Gasteiger partial charge in [0.15, 0.2) is 5.78 Å². The van der Waals surface area contributed by atoms with Crippen molar-refractivity contribution >= 4 is 29.3 Å². The van der Waals surface area contributed by atoms with Crippen LogP contribution in [-0.4, -0.2) is 28.7 Å². The maximum Gasteiger partial charge on any atom is 0.408 e. The monoisotopic (exact) mass is 475 g/mol. The summed E-state index contributed by atoms with van der Waals surface area (Å²) in [5, 5.41) is 21.0. The minimum atomic E-state index is -1.15. The average Bonchev–Trinajstić information content (AvgIpc) is 3.19. The summed E-state index contributed by atoms with van der Waals surface area (Å²) in [5.41, 5.74) is -0.983. The third-order valence-electron chi connectivity index (χ3n) is 4.75. The molecule has 0 spiro atoms. The molecule has 0 saturated heterocycles. The number of hydrogen-bond donors (Lipinski definition) is 3. The van der Waals surface area contributed by atoms with Gasteiger partial charge in [0, 0.05) is 34.5 Å². The van der Waals surface area contributed by atoms with E-state index in [-0.39, 0.29) is 11.7 Å². The van der Waals surface area contributed by atoms with Crippen molar-refractivity contribution in [2.75, 3.05) is 6.61 Å². The van der Waals surface area contributed by atoms with E-state index < -0.39 is 28.8 Å². The number of hydrogen-bond acceptors (Lipinski definition) is 7. The highest BCUT2D eigenvalue weighted by Gasteiger charge is 2.22. The number of ketones is 1. The highest BCUT2D eigenvalue weighted by atomic mass is 32.1. The Kier molecular flexibility index (Phi) is 10.1. The van der Waals surface area contributed by atoms with Gasteiger partial charge in [-0.05, 0) is 50.0 Å². The maximum absolute atomic E-state index is 12.8. The fourth-order valence-electron chi connectivity index (χ4n) is 3.00. The Morgan fingerprint density at radius 3 is 2.76 bits per heavy atom. The van der Waals surface area contributed by atoms with Gasteiger partial charge in [-0.3, -0.25) is 10.1 Å². The molecule has 0 fully saturated rings. The molecule has 178 valence electrons. The maximum atomic E-state index is 12.8. The molecule has 1 amide bonds. The molecule has 0 aliphatic heterocycles. The largest absolute Gasteiger partial charge is 0.507 e. The fourth-order valence-corrected chi connectivity index (χ4v) is 3.95. The minimum Gasteiger partial charge on any atom is -0.507 e. The number of nitrogens with one attached hydrogen (secondary N) is 1. The first-order valence-electron chi connectivity index (χ1n) is 10.6. The first-order chi connectivity index (χ1) is 15.7. The fraction of sp³-hybridized carbons (Fsp3) is 0.375. The van der Waals surface area contributed by atoms with Crippen LogP contribution in [0.15, 0.2) is 45.3 Å². The predicted octanol–water partition coefficient (Wildman–Crippen LogP) is 5.28. The van der Waals surface area contributed by atoms with Crippen LogP contribution in [0.1, 0.15) is 71.8 Å². The number of ether oxygens (including phenoxy) is 1. The lowest BCUT2D eigenvalue weighted by atomic mass is 10.00. The molecule has 33 heavy (non-hydrogen) atoms. The van der Waals surface area contributed by atoms with Crippen LogP contribution in [-0.2, 0) is 11.3 Å². The summed E-state index contributed by atoms with van der Waals surface area (Å²) >= 11 is 1.49. The standard InChI is InChI=1S/C24H29NO7S/c1-4-11-31-14-18-9-8-17(33-18)12-16(3)22(27)21-19(26)13-20(32-23(21)28)15(2)7-5-6-10-25-24(29)30/h6,8-10,12-13,15,25-26H,4-5,7,11,14H2,1-3H3,(H,29,30)/b10-6+,16-12?. The van der Waals surface area contributed by atoms with Crippen LogP contribution in [0.5, 0.6) is 5.75 Å². The van der Waals surface area contributed by atoms with E-state index in [1.165, 1.54) is 23.6 Å². The Morgan fingerprint density at radius 2 is 2.09 bits per heavy atom. The van der Waals surface area contributed by atoms with Crippen LogP contribution in [0.25, 0.3) is 6.08 Å². The summed E-state index contributed by atoms with van der Waals surface area (Å²) in [4.78, 5) is 37.6. The molecule has 0 aromatic carbocycles. The number of Topliss-reactive ketones (excluding diaryl/α,β-unsaturated/α-hetero) is 1. The molecule has 0 aliphatic carbocycles. The van der Waals surface area contributed by atoms with E-state index in [2.05, 4.69) is 5.32 Å². The quantitative estimate of drug-likeness (QED) is 0.216. The summed E-state index contributed by atoms with van der Waals surface area (Å²) in [7, 11) is 0. The van der Waals surface area contributed by atoms with Gasteiger partial charge in [0.05, 0.1) is 6.61 Å². The lowest BCUT2D eigenvalue weighted by Gasteiger charge is -2.11. The summed E-state index contributed by atoms with van der Waals surface area (Å²) in [6.07, 6.45) is 5.49. The van der Waals surface area contributed by atoms with Gasteiger partial charge in [-0.1, -0.05) is 19.9 Å². The van der Waals surface area contributed by atoms with Gasteiger partial charge in [-0.2, -0.15) is 0 Å². The normalized spacial score (nSPS) is 12.8. The Balaban J connectivity index is 2.09. The number of aromatic hydroxyl groups is 1. The van der Waals surface area contributed by atoms with Gasteiger partial charge in [-0.15, -0.1) is 11.3 Å². The van der Waals surface area contributed by atoms with Crippen molar-refractivity contribution in [3.8, 4) is 5.75 Å². The van der Waals surface area contributed by atoms with E-state index in [0.717, 1.165) is 16.2 Å². The van der Waals surface area contributed by atoms with Gasteiger partial charge in [-0.25, -0.2) is 9.59 Å². The van der Waals surface area contributed by atoms with Crippen molar-refractivity contribution in [3.05, 3.63) is 67.5 Å². The number of thiophene rings is 1. The zero-order valence-electron chi connectivity index (χ0n) is 18.9. The molecule has 0 aliphatic rings. The molecule has 9 heteroatoms. The Morgan fingerprint density at radius 1 is 1.33 bits per heavy atom. The van der Waals surface area contributed by atoms with E-state index in [9.17, 15) is 19.5 Å². The number of carboxylic acid groups (broad SMARTS) is 1. The SMILES string of the molecule is CCCOCc1ccc(C=C(C)C(=O)c2c(O)cc(C(C)CC/C=C/NC(=O)O)oc2=O)s1. The second-order valence-electron chi connectivity index (χ2n) is 7.54. The smallest absolute Gasteiger partial charge is 0.408 e. The van der Waals surface area contributed by atoms with Crippen LogP contribution in [0.2, 0.25) is 0 Å². The van der Waals surface area contributed by atoms with Crippen LogP contribution < -0.4 is 10.9 Å². The molecule has 0 bridgehead atoms. The first-order valence-corrected chi connectivity index (χ1v) is 11.5. The molecule has 1 unspecified atom stereocenters. The van der Waals surface area contributed by atoms with Crippen LogP contribution in [0, 0.1) is 0 Å². The van der Waals surface area contributed by atoms with E-state index in [1.807, 2.05) is 19.1 Å². The zero-order valence-corrected chi connectivity index (χ0v) is 19.7. The summed E-state index contributed by atoms with van der Waals surface area (Å²) < 4.78 is 10.8. The third kappa shape index (κ3) is 8.03. The molecule has 2 aromatic heterocycles. The van der Waals surface area contributed by atoms with E-state index in [4.69, 9.17) is 14.3 Å². The van der Waals surface area contributed by atoms with Gasteiger partial charge >= 0.3 is 11.7 Å². The van der Waals surface area contributed by atoms with Crippen LogP contribution >= 0.6 is 11.3 Å². The van der Waals surface area contributed by atoms with E-state index in [0.29, 0.717) is 31.6 Å². The average molecular weight is 476 g/mol. The molecular weight excluding hydrogens is 446 g/mol. The Bertz CT molecular complexity index is 1080. The van der Waals surface area contributed by atoms with Crippen molar-refractivity contribution < 1.29 is 29.0 Å². The van der Waals surface area contributed by atoms with Crippen LogP contribution in [0.4, 0.5) is 4.79 Å². The molecule has 2 heterocycles. The summed E-state index contributed by atoms with van der Waals surface area (Å²) in [6, 6.07) is 5.10. The lowest BCUT2D eigenvalue weighted by Crippen LogP contribution is -2.16. The third-order valence-corrected chi connectivity index (χ3v) is 5.75. The number of carbonyl (C=O) groups excluding carboxylic acids is 1. The van der Waals surface area contributed by atoms with Crippen molar-refractivity contribution in [3.63, 3.8) is 0 Å². The Labute approximate surface area is 196 Å². The molecular formula is C24H29NO7S.